The van der Waals surface area contributed by atoms with Gasteiger partial charge in [-0.05, 0) is 37.8 Å². The van der Waals surface area contributed by atoms with Crippen LogP contribution in [-0.2, 0) is 0 Å². The highest BCUT2D eigenvalue weighted by Crippen LogP contribution is 2.38. The van der Waals surface area contributed by atoms with Crippen LogP contribution in [0.2, 0.25) is 0 Å². The number of methoxy groups -OCH3 is 1. The van der Waals surface area contributed by atoms with Crippen LogP contribution in [0.3, 0.4) is 0 Å². The molecule has 0 spiro atoms. The first-order valence-corrected chi connectivity index (χ1v) is 6.95. The van der Waals surface area contributed by atoms with Crippen molar-refractivity contribution in [1.82, 2.24) is 4.90 Å². The number of rotatable bonds is 2. The van der Waals surface area contributed by atoms with Crippen molar-refractivity contribution in [3.63, 3.8) is 0 Å². The molecule has 1 aromatic rings. The van der Waals surface area contributed by atoms with Crippen LogP contribution in [0, 0.1) is 5.82 Å². The zero-order valence-corrected chi connectivity index (χ0v) is 11.4. The second kappa shape index (κ2) is 5.05. The van der Waals surface area contributed by atoms with Gasteiger partial charge in [-0.1, -0.05) is 6.07 Å². The highest BCUT2D eigenvalue weighted by atomic mass is 19.1. The molecule has 4 nitrogen and oxygen atoms in total. The molecule has 20 heavy (non-hydrogen) atoms. The summed E-state index contributed by atoms with van der Waals surface area (Å²) in [7, 11) is 1.43. The fourth-order valence-corrected chi connectivity index (χ4v) is 3.49. The molecule has 5 heteroatoms. The lowest BCUT2D eigenvalue weighted by molar-refractivity contribution is 0.0281. The van der Waals surface area contributed by atoms with E-state index in [4.69, 9.17) is 4.74 Å². The lowest BCUT2D eigenvalue weighted by Crippen LogP contribution is -2.48. The SMILES string of the molecule is COc1cccc(F)c1C(=O)N1C2CCC1CC(O)C2. The van der Waals surface area contributed by atoms with E-state index in [2.05, 4.69) is 0 Å². The first-order chi connectivity index (χ1) is 9.61. The highest BCUT2D eigenvalue weighted by molar-refractivity contribution is 5.97. The van der Waals surface area contributed by atoms with Crippen LogP contribution in [0.1, 0.15) is 36.0 Å². The summed E-state index contributed by atoms with van der Waals surface area (Å²) in [6.07, 6.45) is 2.58. The summed E-state index contributed by atoms with van der Waals surface area (Å²) in [5.41, 5.74) is 0.00305. The van der Waals surface area contributed by atoms with Crippen LogP contribution in [-0.4, -0.2) is 41.2 Å². The first kappa shape index (κ1) is 13.4. The molecule has 0 saturated carbocycles. The van der Waals surface area contributed by atoms with E-state index in [1.165, 1.54) is 19.2 Å². The number of amides is 1. The monoisotopic (exact) mass is 279 g/mol. The Hall–Kier alpha value is -1.62. The Morgan fingerprint density at radius 1 is 1.35 bits per heavy atom. The van der Waals surface area contributed by atoms with Gasteiger partial charge in [0.1, 0.15) is 17.1 Å². The molecular weight excluding hydrogens is 261 g/mol. The molecule has 2 saturated heterocycles. The minimum absolute atomic E-state index is 0.00305. The standard InChI is InChI=1S/C15H18FNO3/c1-20-13-4-2-3-12(16)14(13)15(19)17-9-5-6-10(17)8-11(18)7-9/h2-4,9-11,18H,5-8H2,1H3. The Labute approximate surface area is 117 Å². The van der Waals surface area contributed by atoms with Crippen LogP contribution >= 0.6 is 0 Å². The molecule has 2 atom stereocenters. The quantitative estimate of drug-likeness (QED) is 0.900. The summed E-state index contributed by atoms with van der Waals surface area (Å²) in [6.45, 7) is 0. The van der Waals surface area contributed by atoms with Gasteiger partial charge in [0.25, 0.3) is 5.91 Å². The smallest absolute Gasteiger partial charge is 0.261 e. The predicted molar refractivity (Wildman–Crippen MR) is 71.2 cm³/mol. The van der Waals surface area contributed by atoms with Gasteiger partial charge in [0.15, 0.2) is 0 Å². The Morgan fingerprint density at radius 2 is 2.00 bits per heavy atom. The molecular formula is C15H18FNO3. The molecule has 2 heterocycles. The molecule has 0 aromatic heterocycles. The number of carbonyl (C=O) groups is 1. The number of halogens is 1. The largest absolute Gasteiger partial charge is 0.496 e. The van der Waals surface area contributed by atoms with Crippen molar-refractivity contribution in [2.45, 2.75) is 43.9 Å². The van der Waals surface area contributed by atoms with Crippen molar-refractivity contribution in [2.75, 3.05) is 7.11 Å². The van der Waals surface area contributed by atoms with E-state index < -0.39 is 5.82 Å². The summed E-state index contributed by atoms with van der Waals surface area (Å²) in [6, 6.07) is 4.42. The maximum absolute atomic E-state index is 14.0. The fraction of sp³-hybridized carbons (Fsp3) is 0.533. The summed E-state index contributed by atoms with van der Waals surface area (Å²) < 4.78 is 19.1. The zero-order valence-electron chi connectivity index (χ0n) is 11.4. The van der Waals surface area contributed by atoms with Gasteiger partial charge in [-0.2, -0.15) is 0 Å². The predicted octanol–water partition coefficient (Wildman–Crippen LogP) is 1.96. The number of nitrogens with zero attached hydrogens (tertiary/aromatic N) is 1. The van der Waals surface area contributed by atoms with Crippen LogP contribution in [0.15, 0.2) is 18.2 Å². The molecule has 1 amide bonds. The third-order valence-electron chi connectivity index (χ3n) is 4.35. The minimum atomic E-state index is -0.556. The molecule has 2 fully saturated rings. The molecule has 2 bridgehead atoms. The van der Waals surface area contributed by atoms with E-state index in [1.54, 1.807) is 11.0 Å². The average molecular weight is 279 g/mol. The number of fused-ring (bicyclic) bond motifs is 2. The second-order valence-electron chi connectivity index (χ2n) is 5.54. The second-order valence-corrected chi connectivity index (χ2v) is 5.54. The van der Waals surface area contributed by atoms with Crippen molar-refractivity contribution in [1.29, 1.82) is 0 Å². The number of piperidine rings is 1. The van der Waals surface area contributed by atoms with Crippen LogP contribution < -0.4 is 4.74 Å². The van der Waals surface area contributed by atoms with Gasteiger partial charge in [0, 0.05) is 12.1 Å². The number of aliphatic hydroxyl groups excluding tert-OH is 1. The van der Waals surface area contributed by atoms with E-state index >= 15 is 0 Å². The van der Waals surface area contributed by atoms with Gasteiger partial charge in [-0.25, -0.2) is 4.39 Å². The first-order valence-electron chi connectivity index (χ1n) is 6.95. The van der Waals surface area contributed by atoms with E-state index in [-0.39, 0.29) is 35.4 Å². The third kappa shape index (κ3) is 2.06. The van der Waals surface area contributed by atoms with Crippen molar-refractivity contribution < 1.29 is 19.0 Å². The van der Waals surface area contributed by atoms with Gasteiger partial charge < -0.3 is 14.7 Å². The van der Waals surface area contributed by atoms with Gasteiger partial charge in [-0.3, -0.25) is 4.79 Å². The normalized spacial score (nSPS) is 28.6. The van der Waals surface area contributed by atoms with E-state index in [9.17, 15) is 14.3 Å². The minimum Gasteiger partial charge on any atom is -0.496 e. The lowest BCUT2D eigenvalue weighted by atomic mass is 9.98. The third-order valence-corrected chi connectivity index (χ3v) is 4.35. The Bertz CT molecular complexity index is 520. The Balaban J connectivity index is 1.94. The Kier molecular flexibility index (Phi) is 3.38. The molecule has 1 aromatic carbocycles. The Morgan fingerprint density at radius 3 is 2.60 bits per heavy atom. The molecule has 0 radical (unpaired) electrons. The molecule has 0 aliphatic carbocycles. The van der Waals surface area contributed by atoms with Crippen molar-refractivity contribution in [2.24, 2.45) is 0 Å². The number of hydrogen-bond acceptors (Lipinski definition) is 3. The molecule has 2 aliphatic rings. The van der Waals surface area contributed by atoms with Crippen molar-refractivity contribution in [3.8, 4) is 5.75 Å². The fourth-order valence-electron chi connectivity index (χ4n) is 3.49. The van der Waals surface area contributed by atoms with Gasteiger partial charge >= 0.3 is 0 Å². The number of carbonyl (C=O) groups excluding carboxylic acids is 1. The van der Waals surface area contributed by atoms with E-state index in [0.717, 1.165) is 12.8 Å². The van der Waals surface area contributed by atoms with Crippen LogP contribution in [0.5, 0.6) is 5.75 Å². The van der Waals surface area contributed by atoms with Gasteiger partial charge in [0.05, 0.1) is 13.2 Å². The topological polar surface area (TPSA) is 49.8 Å². The lowest BCUT2D eigenvalue weighted by Gasteiger charge is -2.37. The van der Waals surface area contributed by atoms with Crippen LogP contribution in [0.25, 0.3) is 0 Å². The van der Waals surface area contributed by atoms with Crippen molar-refractivity contribution in [3.05, 3.63) is 29.6 Å². The number of ether oxygens (including phenoxy) is 1. The van der Waals surface area contributed by atoms with E-state index in [1.807, 2.05) is 0 Å². The molecule has 2 aliphatic heterocycles. The van der Waals surface area contributed by atoms with Gasteiger partial charge in [0.2, 0.25) is 0 Å². The maximum atomic E-state index is 14.0. The molecule has 2 unspecified atom stereocenters. The average Bonchev–Trinajstić information content (AvgIpc) is 2.70. The van der Waals surface area contributed by atoms with E-state index in [0.29, 0.717) is 12.8 Å². The zero-order chi connectivity index (χ0) is 14.3. The summed E-state index contributed by atoms with van der Waals surface area (Å²) >= 11 is 0. The molecule has 108 valence electrons. The van der Waals surface area contributed by atoms with Crippen LogP contribution in [0.4, 0.5) is 4.39 Å². The van der Waals surface area contributed by atoms with Crippen molar-refractivity contribution >= 4 is 5.91 Å². The number of aliphatic hydroxyl groups is 1. The summed E-state index contributed by atoms with van der Waals surface area (Å²) in [4.78, 5) is 14.4. The molecule has 3 rings (SSSR count). The number of hydrogen-bond donors (Lipinski definition) is 1. The summed E-state index contributed by atoms with van der Waals surface area (Å²) in [5.74, 6) is -0.611. The number of benzene rings is 1. The molecule has 1 N–H and O–H groups in total. The summed E-state index contributed by atoms with van der Waals surface area (Å²) in [5, 5.41) is 9.78. The maximum Gasteiger partial charge on any atom is 0.261 e. The highest BCUT2D eigenvalue weighted by Gasteiger charge is 2.44. The van der Waals surface area contributed by atoms with Gasteiger partial charge in [-0.15, -0.1) is 0 Å².